The lowest BCUT2D eigenvalue weighted by Crippen LogP contribution is -2.42. The van der Waals surface area contributed by atoms with Gasteiger partial charge in [0.2, 0.25) is 0 Å². The molecule has 2 aromatic rings. The number of morpholine rings is 1. The fourth-order valence-electron chi connectivity index (χ4n) is 3.74. The molecular weight excluding hydrogens is 331 g/mol. The van der Waals surface area contributed by atoms with Crippen molar-refractivity contribution < 1.29 is 9.13 Å². The molecule has 0 unspecified atom stereocenters. The Morgan fingerprint density at radius 2 is 1.92 bits per heavy atom. The van der Waals surface area contributed by atoms with Crippen LogP contribution in [0.3, 0.4) is 0 Å². The van der Waals surface area contributed by atoms with Crippen LogP contribution in [-0.2, 0) is 4.74 Å². The molecule has 0 spiro atoms. The van der Waals surface area contributed by atoms with E-state index in [0.29, 0.717) is 6.04 Å². The van der Waals surface area contributed by atoms with E-state index in [4.69, 9.17) is 4.74 Å². The van der Waals surface area contributed by atoms with Crippen LogP contribution in [-0.4, -0.2) is 50.4 Å². The largest absolute Gasteiger partial charge is 0.379 e. The van der Waals surface area contributed by atoms with E-state index in [0.717, 1.165) is 69.3 Å². The molecule has 2 fully saturated rings. The Hall–Kier alpha value is -2.34. The topological polar surface area (TPSA) is 40.6 Å². The van der Waals surface area contributed by atoms with E-state index in [9.17, 15) is 4.39 Å². The van der Waals surface area contributed by atoms with Crippen LogP contribution < -0.4 is 15.1 Å². The van der Waals surface area contributed by atoms with Gasteiger partial charge in [-0.2, -0.15) is 0 Å². The van der Waals surface area contributed by atoms with E-state index in [1.807, 2.05) is 18.5 Å². The summed E-state index contributed by atoms with van der Waals surface area (Å²) in [6.07, 6.45) is 5.99. The Morgan fingerprint density at radius 3 is 2.77 bits per heavy atom. The summed E-state index contributed by atoms with van der Waals surface area (Å²) in [6, 6.07) is 9.35. The van der Waals surface area contributed by atoms with Gasteiger partial charge in [0, 0.05) is 37.9 Å². The zero-order chi connectivity index (χ0) is 17.8. The minimum Gasteiger partial charge on any atom is -0.379 e. The molecule has 0 aliphatic carbocycles. The lowest BCUT2D eigenvalue weighted by atomic mass is 10.0. The van der Waals surface area contributed by atoms with Crippen molar-refractivity contribution in [3.05, 3.63) is 48.5 Å². The molecule has 6 heteroatoms. The first kappa shape index (κ1) is 17.1. The Bertz CT molecular complexity index is 735. The number of rotatable bonds is 4. The summed E-state index contributed by atoms with van der Waals surface area (Å²) in [6.45, 7) is 5.18. The third-order valence-electron chi connectivity index (χ3n) is 5.07. The van der Waals surface area contributed by atoms with Gasteiger partial charge in [0.25, 0.3) is 0 Å². The summed E-state index contributed by atoms with van der Waals surface area (Å²) in [5, 5.41) is 3.62. The zero-order valence-electron chi connectivity index (χ0n) is 14.9. The van der Waals surface area contributed by atoms with Crippen molar-refractivity contribution >= 4 is 17.1 Å². The van der Waals surface area contributed by atoms with Gasteiger partial charge < -0.3 is 19.9 Å². The number of halogens is 1. The van der Waals surface area contributed by atoms with Crippen LogP contribution >= 0.6 is 0 Å². The summed E-state index contributed by atoms with van der Waals surface area (Å²) < 4.78 is 18.9. The molecule has 138 valence electrons. The minimum atomic E-state index is -0.181. The second-order valence-electron chi connectivity index (χ2n) is 6.94. The molecule has 0 radical (unpaired) electrons. The van der Waals surface area contributed by atoms with E-state index in [1.165, 1.54) is 6.07 Å². The summed E-state index contributed by atoms with van der Waals surface area (Å²) >= 11 is 0. The highest BCUT2D eigenvalue weighted by molar-refractivity contribution is 5.56. The van der Waals surface area contributed by atoms with E-state index < -0.39 is 0 Å². The van der Waals surface area contributed by atoms with E-state index in [1.54, 1.807) is 12.1 Å². The van der Waals surface area contributed by atoms with Crippen LogP contribution in [0.15, 0.2) is 42.7 Å². The normalized spacial score (nSPS) is 20.9. The first-order chi connectivity index (χ1) is 12.8. The first-order valence-electron chi connectivity index (χ1n) is 9.33. The molecule has 2 saturated heterocycles. The molecule has 2 aliphatic rings. The van der Waals surface area contributed by atoms with Gasteiger partial charge in [-0.25, -0.2) is 4.39 Å². The van der Waals surface area contributed by atoms with Gasteiger partial charge in [-0.3, -0.25) is 4.98 Å². The molecule has 0 saturated carbocycles. The molecule has 0 amide bonds. The first-order valence-corrected chi connectivity index (χ1v) is 9.33. The molecule has 2 aliphatic heterocycles. The average molecular weight is 356 g/mol. The molecular formula is C20H25FN4O. The molecule has 0 bridgehead atoms. The second-order valence-corrected chi connectivity index (χ2v) is 6.94. The number of anilines is 3. The van der Waals surface area contributed by atoms with Crippen molar-refractivity contribution in [3.63, 3.8) is 0 Å². The van der Waals surface area contributed by atoms with Crippen molar-refractivity contribution in [1.82, 2.24) is 4.98 Å². The van der Waals surface area contributed by atoms with Crippen LogP contribution in [0.25, 0.3) is 0 Å². The van der Waals surface area contributed by atoms with Crippen molar-refractivity contribution in [2.75, 3.05) is 54.5 Å². The highest BCUT2D eigenvalue weighted by Gasteiger charge is 2.21. The number of pyridine rings is 1. The van der Waals surface area contributed by atoms with Crippen LogP contribution in [0.1, 0.15) is 12.8 Å². The Kier molecular flexibility index (Phi) is 5.20. The van der Waals surface area contributed by atoms with Gasteiger partial charge in [-0.1, -0.05) is 6.07 Å². The maximum absolute atomic E-state index is 13.5. The zero-order valence-corrected chi connectivity index (χ0v) is 14.9. The fraction of sp³-hybridized carbons (Fsp3) is 0.450. The van der Waals surface area contributed by atoms with Crippen LogP contribution in [0.4, 0.5) is 21.5 Å². The van der Waals surface area contributed by atoms with Gasteiger partial charge in [0.05, 0.1) is 37.0 Å². The maximum Gasteiger partial charge on any atom is 0.125 e. The van der Waals surface area contributed by atoms with E-state index >= 15 is 0 Å². The van der Waals surface area contributed by atoms with Crippen molar-refractivity contribution in [1.29, 1.82) is 0 Å². The Balaban J connectivity index is 1.42. The van der Waals surface area contributed by atoms with Gasteiger partial charge in [0.15, 0.2) is 0 Å². The fourth-order valence-corrected chi connectivity index (χ4v) is 3.74. The number of piperidine rings is 1. The third-order valence-corrected chi connectivity index (χ3v) is 5.07. The van der Waals surface area contributed by atoms with Crippen LogP contribution in [0.5, 0.6) is 0 Å². The lowest BCUT2D eigenvalue weighted by molar-refractivity contribution is 0.122. The van der Waals surface area contributed by atoms with Crippen LogP contribution in [0.2, 0.25) is 0 Å². The van der Waals surface area contributed by atoms with Gasteiger partial charge in [-0.15, -0.1) is 0 Å². The Labute approximate surface area is 153 Å². The average Bonchev–Trinajstić information content (AvgIpc) is 2.69. The summed E-state index contributed by atoms with van der Waals surface area (Å²) in [5.74, 6) is -0.181. The van der Waals surface area contributed by atoms with Crippen molar-refractivity contribution in [3.8, 4) is 0 Å². The molecule has 5 nitrogen and oxygen atoms in total. The standard InChI is InChI=1S/C20H25FN4O/c21-16-3-1-5-19(11-16)25-6-2-4-17(15-25)23-18-12-20(14-22-13-18)24-7-9-26-10-8-24/h1,3,5,11-14,17,23H,2,4,6-10,15H2/t17-/m1/s1. The molecule has 1 N–H and O–H groups in total. The number of aromatic nitrogens is 1. The smallest absolute Gasteiger partial charge is 0.125 e. The molecule has 1 atom stereocenters. The highest BCUT2D eigenvalue weighted by atomic mass is 19.1. The summed E-state index contributed by atoms with van der Waals surface area (Å²) in [4.78, 5) is 8.97. The van der Waals surface area contributed by atoms with Gasteiger partial charge in [0.1, 0.15) is 5.82 Å². The number of benzene rings is 1. The molecule has 1 aromatic carbocycles. The molecule has 1 aromatic heterocycles. The second kappa shape index (κ2) is 7.91. The van der Waals surface area contributed by atoms with Crippen LogP contribution in [0, 0.1) is 5.82 Å². The molecule has 4 rings (SSSR count). The van der Waals surface area contributed by atoms with E-state index in [-0.39, 0.29) is 5.82 Å². The predicted molar refractivity (Wildman–Crippen MR) is 103 cm³/mol. The van der Waals surface area contributed by atoms with Crippen molar-refractivity contribution in [2.24, 2.45) is 0 Å². The maximum atomic E-state index is 13.5. The minimum absolute atomic E-state index is 0.181. The highest BCUT2D eigenvalue weighted by Crippen LogP contribution is 2.24. The predicted octanol–water partition coefficient (Wildman–Crippen LogP) is 3.14. The number of ether oxygens (including phenoxy) is 1. The summed E-state index contributed by atoms with van der Waals surface area (Å²) in [7, 11) is 0. The van der Waals surface area contributed by atoms with Crippen molar-refractivity contribution in [2.45, 2.75) is 18.9 Å². The lowest BCUT2D eigenvalue weighted by Gasteiger charge is -2.35. The number of nitrogens with one attached hydrogen (secondary N) is 1. The number of nitrogens with zero attached hydrogens (tertiary/aromatic N) is 3. The monoisotopic (exact) mass is 356 g/mol. The molecule has 3 heterocycles. The number of hydrogen-bond donors (Lipinski definition) is 1. The number of hydrogen-bond acceptors (Lipinski definition) is 5. The van der Waals surface area contributed by atoms with E-state index in [2.05, 4.69) is 26.2 Å². The quantitative estimate of drug-likeness (QED) is 0.911. The third kappa shape index (κ3) is 4.07. The SMILES string of the molecule is Fc1cccc(N2CCC[C@@H](Nc3cncc(N4CCOCC4)c3)C2)c1. The molecule has 26 heavy (non-hydrogen) atoms. The Morgan fingerprint density at radius 1 is 1.04 bits per heavy atom. The van der Waals surface area contributed by atoms with Gasteiger partial charge in [-0.05, 0) is 37.1 Å². The summed E-state index contributed by atoms with van der Waals surface area (Å²) in [5.41, 5.74) is 3.13. The van der Waals surface area contributed by atoms with Gasteiger partial charge >= 0.3 is 0 Å².